The molecule has 22 heavy (non-hydrogen) atoms. The van der Waals surface area contributed by atoms with Crippen LogP contribution in [0.3, 0.4) is 0 Å². The van der Waals surface area contributed by atoms with Crippen molar-refractivity contribution in [2.45, 2.75) is 63.3 Å². The third-order valence-electron chi connectivity index (χ3n) is 5.02. The van der Waals surface area contributed by atoms with Gasteiger partial charge in [0.05, 0.1) is 12.0 Å². The molecule has 0 radical (unpaired) electrons. The Kier molecular flexibility index (Phi) is 2.80. The molecule has 2 fully saturated rings. The average molecular weight is 312 g/mol. The Bertz CT molecular complexity index is 769. The highest BCUT2D eigenvalue weighted by Gasteiger charge is 2.48. The predicted molar refractivity (Wildman–Crippen MR) is 87.6 cm³/mol. The van der Waals surface area contributed by atoms with E-state index in [1.165, 1.54) is 36.4 Å². The van der Waals surface area contributed by atoms with Crippen molar-refractivity contribution in [2.75, 3.05) is 0 Å². The highest BCUT2D eigenvalue weighted by atomic mass is 32.1. The summed E-state index contributed by atoms with van der Waals surface area (Å²) in [6, 6.07) is 4.56. The Labute approximate surface area is 135 Å². The van der Waals surface area contributed by atoms with Gasteiger partial charge in [0.2, 0.25) is 5.00 Å². The lowest BCUT2D eigenvalue weighted by atomic mass is 9.90. The van der Waals surface area contributed by atoms with Crippen molar-refractivity contribution < 1.29 is 0 Å². The number of thiophene rings is 1. The third-order valence-corrected chi connectivity index (χ3v) is 6.33. The first-order chi connectivity index (χ1) is 10.5. The second-order valence-corrected chi connectivity index (χ2v) is 8.45. The zero-order valence-electron chi connectivity index (χ0n) is 13.3. The molecule has 5 heteroatoms. The molecule has 2 saturated carbocycles. The smallest absolute Gasteiger partial charge is 0.241 e. The molecule has 2 aromatic heterocycles. The second kappa shape index (κ2) is 4.42. The summed E-state index contributed by atoms with van der Waals surface area (Å²) in [5.74, 6) is 2.25. The van der Waals surface area contributed by atoms with Gasteiger partial charge in [0.1, 0.15) is 11.6 Å². The molecule has 0 bridgehead atoms. The molecule has 114 valence electrons. The van der Waals surface area contributed by atoms with Crippen molar-refractivity contribution in [2.24, 2.45) is 0 Å². The van der Waals surface area contributed by atoms with Gasteiger partial charge in [-0.05, 0) is 45.6 Å². The van der Waals surface area contributed by atoms with E-state index in [4.69, 9.17) is 6.57 Å². The van der Waals surface area contributed by atoms with E-state index >= 15 is 0 Å². The number of aromatic nitrogens is 3. The SMILES string of the molecule is [C-]#[N+]c1ccc(C(C)(C)c2nnc(C3(C)CC3)n2C2CC2)s1. The molecule has 2 aliphatic rings. The van der Waals surface area contributed by atoms with Gasteiger partial charge < -0.3 is 4.57 Å². The van der Waals surface area contributed by atoms with E-state index in [1.54, 1.807) is 11.3 Å². The Hall–Kier alpha value is -1.67. The van der Waals surface area contributed by atoms with Crippen LogP contribution in [0.25, 0.3) is 4.85 Å². The van der Waals surface area contributed by atoms with Gasteiger partial charge in [-0.15, -0.1) is 10.2 Å². The molecule has 0 spiro atoms. The predicted octanol–water partition coefficient (Wildman–Crippen LogP) is 4.60. The normalized spacial score (nSPS) is 19.9. The molecule has 0 unspecified atom stereocenters. The minimum atomic E-state index is -0.202. The van der Waals surface area contributed by atoms with Crippen LogP contribution < -0.4 is 0 Å². The van der Waals surface area contributed by atoms with Gasteiger partial charge in [-0.2, -0.15) is 11.3 Å². The molecule has 2 heterocycles. The van der Waals surface area contributed by atoms with Crippen LogP contribution in [-0.4, -0.2) is 14.8 Å². The molecule has 0 N–H and O–H groups in total. The molecule has 2 aromatic rings. The lowest BCUT2D eigenvalue weighted by Gasteiger charge is -2.25. The van der Waals surface area contributed by atoms with Crippen molar-refractivity contribution in [3.63, 3.8) is 0 Å². The van der Waals surface area contributed by atoms with E-state index < -0.39 is 0 Å². The summed E-state index contributed by atoms with van der Waals surface area (Å²) in [4.78, 5) is 4.74. The number of hydrogen-bond donors (Lipinski definition) is 0. The number of hydrogen-bond acceptors (Lipinski definition) is 3. The van der Waals surface area contributed by atoms with Crippen LogP contribution in [-0.2, 0) is 10.8 Å². The van der Waals surface area contributed by atoms with Crippen molar-refractivity contribution in [3.8, 4) is 0 Å². The largest absolute Gasteiger partial charge is 0.311 e. The van der Waals surface area contributed by atoms with Gasteiger partial charge >= 0.3 is 0 Å². The van der Waals surface area contributed by atoms with Crippen molar-refractivity contribution in [3.05, 3.63) is 40.1 Å². The van der Waals surface area contributed by atoms with Gasteiger partial charge in [0, 0.05) is 16.3 Å². The molecule has 0 aliphatic heterocycles. The van der Waals surface area contributed by atoms with Crippen LogP contribution >= 0.6 is 11.3 Å². The summed E-state index contributed by atoms with van der Waals surface area (Å²) < 4.78 is 2.42. The summed E-state index contributed by atoms with van der Waals surface area (Å²) in [7, 11) is 0. The number of rotatable bonds is 4. The van der Waals surface area contributed by atoms with Gasteiger partial charge in [0.15, 0.2) is 0 Å². The lowest BCUT2D eigenvalue weighted by Crippen LogP contribution is -2.24. The van der Waals surface area contributed by atoms with Crippen molar-refractivity contribution >= 4 is 16.3 Å². The summed E-state index contributed by atoms with van der Waals surface area (Å²) in [5, 5.41) is 9.94. The van der Waals surface area contributed by atoms with E-state index in [0.717, 1.165) is 10.8 Å². The summed E-state index contributed by atoms with van der Waals surface area (Å²) in [5.41, 5.74) is 0.0355. The second-order valence-electron chi connectivity index (χ2n) is 7.38. The standard InChI is InChI=1S/C17H20N4S/c1-16(2,12-7-8-13(18-4)22-12)14-19-20-15(17(3)9-10-17)21(14)11-5-6-11/h7-8,11H,5-6,9-10H2,1-3H3. The maximum absolute atomic E-state index is 7.18. The Morgan fingerprint density at radius 1 is 1.32 bits per heavy atom. The third kappa shape index (κ3) is 2.01. The topological polar surface area (TPSA) is 35.1 Å². The van der Waals surface area contributed by atoms with Crippen molar-refractivity contribution in [1.82, 2.24) is 14.8 Å². The van der Waals surface area contributed by atoms with E-state index in [2.05, 4.69) is 46.4 Å². The zero-order valence-corrected chi connectivity index (χ0v) is 14.1. The molecule has 0 aromatic carbocycles. The van der Waals surface area contributed by atoms with E-state index in [0.29, 0.717) is 6.04 Å². The first kappa shape index (κ1) is 14.0. The van der Waals surface area contributed by atoms with Crippen LogP contribution in [0.15, 0.2) is 12.1 Å². The maximum Gasteiger partial charge on any atom is 0.241 e. The molecular weight excluding hydrogens is 292 g/mol. The van der Waals surface area contributed by atoms with Crippen LogP contribution in [0.5, 0.6) is 0 Å². The zero-order chi connectivity index (χ0) is 15.5. The highest BCUT2D eigenvalue weighted by molar-refractivity contribution is 7.16. The highest BCUT2D eigenvalue weighted by Crippen LogP contribution is 2.51. The lowest BCUT2D eigenvalue weighted by molar-refractivity contribution is 0.519. The van der Waals surface area contributed by atoms with E-state index in [1.807, 2.05) is 6.07 Å². The van der Waals surface area contributed by atoms with Gasteiger partial charge in [-0.3, -0.25) is 0 Å². The van der Waals surface area contributed by atoms with Gasteiger partial charge in [-0.25, -0.2) is 4.85 Å². The van der Waals surface area contributed by atoms with Crippen molar-refractivity contribution in [1.29, 1.82) is 0 Å². The van der Waals surface area contributed by atoms with Gasteiger partial charge in [-0.1, -0.05) is 13.0 Å². The fourth-order valence-electron chi connectivity index (χ4n) is 3.05. The molecule has 0 atom stereocenters. The Balaban J connectivity index is 1.81. The van der Waals surface area contributed by atoms with Crippen LogP contribution in [0.1, 0.15) is 69.0 Å². The average Bonchev–Trinajstić information content (AvgIpc) is 3.36. The molecule has 4 rings (SSSR count). The number of nitrogens with zero attached hydrogens (tertiary/aromatic N) is 4. The summed E-state index contributed by atoms with van der Waals surface area (Å²) in [6.07, 6.45) is 4.92. The first-order valence-corrected chi connectivity index (χ1v) is 8.71. The Morgan fingerprint density at radius 2 is 2.05 bits per heavy atom. The molecule has 2 aliphatic carbocycles. The van der Waals surface area contributed by atoms with E-state index in [-0.39, 0.29) is 10.8 Å². The quantitative estimate of drug-likeness (QED) is 0.773. The van der Waals surface area contributed by atoms with Crippen LogP contribution in [0, 0.1) is 6.57 Å². The maximum atomic E-state index is 7.18. The molecule has 0 saturated heterocycles. The molecule has 4 nitrogen and oxygen atoms in total. The minimum Gasteiger partial charge on any atom is -0.311 e. The van der Waals surface area contributed by atoms with Crippen LogP contribution in [0.2, 0.25) is 0 Å². The minimum absolute atomic E-state index is 0.202. The monoisotopic (exact) mass is 312 g/mol. The summed E-state index contributed by atoms with van der Waals surface area (Å²) >= 11 is 1.57. The van der Waals surface area contributed by atoms with Crippen LogP contribution in [0.4, 0.5) is 5.00 Å². The summed E-state index contributed by atoms with van der Waals surface area (Å²) in [6.45, 7) is 13.9. The Morgan fingerprint density at radius 3 is 2.59 bits per heavy atom. The van der Waals surface area contributed by atoms with E-state index in [9.17, 15) is 0 Å². The first-order valence-electron chi connectivity index (χ1n) is 7.89. The molecule has 0 amide bonds. The fraction of sp³-hybridized carbons (Fsp3) is 0.588. The molecular formula is C17H20N4S. The fourth-order valence-corrected chi connectivity index (χ4v) is 3.94. The van der Waals surface area contributed by atoms with Gasteiger partial charge in [0.25, 0.3) is 0 Å².